The molecule has 98 valence electrons. The third-order valence-electron chi connectivity index (χ3n) is 3.00. The number of carbonyl (C=O) groups excluding carboxylic acids is 1. The van der Waals surface area contributed by atoms with Gasteiger partial charge in [-0.2, -0.15) is 0 Å². The minimum Gasteiger partial charge on any atom is -0.366 e. The van der Waals surface area contributed by atoms with Gasteiger partial charge >= 0.3 is 0 Å². The van der Waals surface area contributed by atoms with E-state index in [0.717, 1.165) is 12.8 Å². The summed E-state index contributed by atoms with van der Waals surface area (Å²) in [5.74, 6) is -0.421. The molecule has 0 radical (unpaired) electrons. The van der Waals surface area contributed by atoms with Gasteiger partial charge in [-0.3, -0.25) is 4.79 Å². The van der Waals surface area contributed by atoms with E-state index in [1.165, 1.54) is 31.4 Å². The molecule has 1 fully saturated rings. The molecule has 5 heteroatoms. The van der Waals surface area contributed by atoms with Crippen LogP contribution in [0.3, 0.4) is 0 Å². The highest BCUT2D eigenvalue weighted by Crippen LogP contribution is 2.30. The molecule has 1 aromatic rings. The topological polar surface area (TPSA) is 58.6 Å². The minimum atomic E-state index is -1.15. The van der Waals surface area contributed by atoms with Gasteiger partial charge in [0.05, 0.1) is 0 Å². The smallest absolute Gasteiger partial charge is 0.223 e. The van der Waals surface area contributed by atoms with E-state index in [9.17, 15) is 14.3 Å². The Morgan fingerprint density at radius 2 is 2.06 bits per heavy atom. The van der Waals surface area contributed by atoms with Gasteiger partial charge in [-0.25, -0.2) is 4.39 Å². The van der Waals surface area contributed by atoms with Gasteiger partial charge < -0.3 is 15.2 Å². The Bertz CT molecular complexity index is 417. The Morgan fingerprint density at radius 3 is 2.56 bits per heavy atom. The van der Waals surface area contributed by atoms with E-state index in [1.54, 1.807) is 0 Å². The van der Waals surface area contributed by atoms with Crippen molar-refractivity contribution in [2.45, 2.75) is 25.2 Å². The average Bonchev–Trinajstić information content (AvgIpc) is 3.20. The zero-order chi connectivity index (χ0) is 13.1. The molecule has 1 aliphatic carbocycles. The molecule has 2 unspecified atom stereocenters. The number of methoxy groups -OCH3 is 1. The molecule has 0 spiro atoms. The van der Waals surface area contributed by atoms with Crippen LogP contribution in [0.5, 0.6) is 0 Å². The summed E-state index contributed by atoms with van der Waals surface area (Å²) in [5.41, 5.74) is 0.611. The quantitative estimate of drug-likeness (QED) is 0.779. The Labute approximate surface area is 105 Å². The van der Waals surface area contributed by atoms with Crippen molar-refractivity contribution in [3.05, 3.63) is 35.6 Å². The molecule has 4 nitrogen and oxygen atoms in total. The molecule has 2 atom stereocenters. The third kappa shape index (κ3) is 3.05. The second-order valence-electron chi connectivity index (χ2n) is 4.44. The molecular formula is C13H16FNO3. The predicted molar refractivity (Wildman–Crippen MR) is 63.0 cm³/mol. The summed E-state index contributed by atoms with van der Waals surface area (Å²) < 4.78 is 17.7. The normalized spacial score (nSPS) is 18.2. The van der Waals surface area contributed by atoms with Gasteiger partial charge in [0.15, 0.2) is 6.29 Å². The zero-order valence-corrected chi connectivity index (χ0v) is 10.1. The van der Waals surface area contributed by atoms with E-state index in [-0.39, 0.29) is 17.6 Å². The van der Waals surface area contributed by atoms with Gasteiger partial charge in [0.2, 0.25) is 5.91 Å². The van der Waals surface area contributed by atoms with Crippen molar-refractivity contribution in [3.63, 3.8) is 0 Å². The van der Waals surface area contributed by atoms with Gasteiger partial charge in [-0.15, -0.1) is 0 Å². The van der Waals surface area contributed by atoms with Crippen LogP contribution in [0.4, 0.5) is 4.39 Å². The molecule has 0 saturated heterocycles. The first-order chi connectivity index (χ1) is 8.61. The molecular weight excluding hydrogens is 237 g/mol. The first-order valence-corrected chi connectivity index (χ1v) is 5.88. The largest absolute Gasteiger partial charge is 0.366 e. The highest BCUT2D eigenvalue weighted by Gasteiger charge is 2.33. The number of aliphatic hydroxyl groups is 1. The molecule has 18 heavy (non-hydrogen) atoms. The lowest BCUT2D eigenvalue weighted by atomic mass is 10.1. The summed E-state index contributed by atoms with van der Waals surface area (Å²) >= 11 is 0. The molecule has 2 N–H and O–H groups in total. The second kappa shape index (κ2) is 5.46. The number of hydrogen-bond donors (Lipinski definition) is 2. The van der Waals surface area contributed by atoms with Crippen LogP contribution in [0.2, 0.25) is 0 Å². The molecule has 2 rings (SSSR count). The van der Waals surface area contributed by atoms with Gasteiger partial charge in [0, 0.05) is 13.0 Å². The van der Waals surface area contributed by atoms with E-state index in [1.807, 2.05) is 0 Å². The highest BCUT2D eigenvalue weighted by molar-refractivity contribution is 5.81. The van der Waals surface area contributed by atoms with Crippen molar-refractivity contribution in [2.24, 2.45) is 5.92 Å². The molecule has 0 heterocycles. The van der Waals surface area contributed by atoms with Gasteiger partial charge in [0.1, 0.15) is 11.9 Å². The summed E-state index contributed by atoms with van der Waals surface area (Å²) in [6, 6.07) is 4.94. The predicted octanol–water partition coefficient (Wildman–Crippen LogP) is 1.36. The average molecular weight is 253 g/mol. The van der Waals surface area contributed by atoms with Crippen molar-refractivity contribution < 1.29 is 19.0 Å². The van der Waals surface area contributed by atoms with Gasteiger partial charge in [-0.05, 0) is 30.5 Å². The molecule has 1 amide bonds. The first kappa shape index (κ1) is 13.0. The van der Waals surface area contributed by atoms with Crippen LogP contribution in [0.25, 0.3) is 0 Å². The van der Waals surface area contributed by atoms with Crippen LogP contribution in [0.15, 0.2) is 24.3 Å². The van der Waals surface area contributed by atoms with Crippen LogP contribution in [-0.2, 0) is 9.53 Å². The van der Waals surface area contributed by atoms with Gasteiger partial charge in [-0.1, -0.05) is 12.1 Å². The van der Waals surface area contributed by atoms with E-state index in [2.05, 4.69) is 5.32 Å². The zero-order valence-electron chi connectivity index (χ0n) is 10.1. The summed E-state index contributed by atoms with van der Waals surface area (Å²) in [4.78, 5) is 11.7. The van der Waals surface area contributed by atoms with Crippen LogP contribution in [-0.4, -0.2) is 24.4 Å². The Kier molecular flexibility index (Phi) is 3.93. The number of aliphatic hydroxyl groups excluding tert-OH is 1. The standard InChI is InChI=1S/C13H16FNO3/c1-18-13(17)11(15-12(16)9-2-3-9)8-4-6-10(14)7-5-8/h4-7,9,11,13,17H,2-3H2,1H3,(H,15,16). The maximum Gasteiger partial charge on any atom is 0.223 e. The minimum absolute atomic E-state index is 0.0389. The molecule has 0 bridgehead atoms. The number of amides is 1. The van der Waals surface area contributed by atoms with Crippen molar-refractivity contribution in [1.29, 1.82) is 0 Å². The van der Waals surface area contributed by atoms with E-state index in [4.69, 9.17) is 4.74 Å². The van der Waals surface area contributed by atoms with Crippen LogP contribution >= 0.6 is 0 Å². The SMILES string of the molecule is COC(O)C(NC(=O)C1CC1)c1ccc(F)cc1. The number of carbonyl (C=O) groups is 1. The highest BCUT2D eigenvalue weighted by atomic mass is 19.1. The molecule has 1 saturated carbocycles. The number of rotatable bonds is 5. The summed E-state index contributed by atoms with van der Waals surface area (Å²) in [7, 11) is 1.35. The molecule has 0 aromatic heterocycles. The Hall–Kier alpha value is -1.46. The lowest BCUT2D eigenvalue weighted by molar-refractivity contribution is -0.131. The number of ether oxygens (including phenoxy) is 1. The monoisotopic (exact) mass is 253 g/mol. The van der Waals surface area contributed by atoms with E-state index < -0.39 is 12.3 Å². The maximum atomic E-state index is 12.9. The lowest BCUT2D eigenvalue weighted by Gasteiger charge is -2.23. The van der Waals surface area contributed by atoms with Crippen molar-refractivity contribution >= 4 is 5.91 Å². The summed E-state index contributed by atoms with van der Waals surface area (Å²) in [5, 5.41) is 12.5. The third-order valence-corrected chi connectivity index (χ3v) is 3.00. The lowest BCUT2D eigenvalue weighted by Crippen LogP contribution is -2.37. The van der Waals surface area contributed by atoms with Crippen LogP contribution in [0, 0.1) is 11.7 Å². The van der Waals surface area contributed by atoms with Crippen molar-refractivity contribution in [1.82, 2.24) is 5.32 Å². The molecule has 1 aliphatic rings. The number of hydrogen-bond acceptors (Lipinski definition) is 3. The number of nitrogens with one attached hydrogen (secondary N) is 1. The molecule has 1 aromatic carbocycles. The fourth-order valence-electron chi connectivity index (χ4n) is 1.74. The second-order valence-corrected chi connectivity index (χ2v) is 4.44. The Balaban J connectivity index is 2.13. The maximum absolute atomic E-state index is 12.9. The number of benzene rings is 1. The van der Waals surface area contributed by atoms with Gasteiger partial charge in [0.25, 0.3) is 0 Å². The fraction of sp³-hybridized carbons (Fsp3) is 0.462. The summed E-state index contributed by atoms with van der Waals surface area (Å²) in [6.07, 6.45) is 0.606. The van der Waals surface area contributed by atoms with E-state index >= 15 is 0 Å². The number of halogens is 1. The van der Waals surface area contributed by atoms with Crippen LogP contribution < -0.4 is 5.32 Å². The van der Waals surface area contributed by atoms with E-state index in [0.29, 0.717) is 5.56 Å². The first-order valence-electron chi connectivity index (χ1n) is 5.88. The summed E-state index contributed by atoms with van der Waals surface area (Å²) in [6.45, 7) is 0. The molecule has 0 aliphatic heterocycles. The Morgan fingerprint density at radius 1 is 1.44 bits per heavy atom. The van der Waals surface area contributed by atoms with Crippen LogP contribution in [0.1, 0.15) is 24.4 Å². The fourth-order valence-corrected chi connectivity index (χ4v) is 1.74. The van der Waals surface area contributed by atoms with Crippen molar-refractivity contribution in [2.75, 3.05) is 7.11 Å². The van der Waals surface area contributed by atoms with Crippen molar-refractivity contribution in [3.8, 4) is 0 Å².